The van der Waals surface area contributed by atoms with Gasteiger partial charge in [0.05, 0.1) is 25.4 Å². The van der Waals surface area contributed by atoms with Crippen LogP contribution in [0.15, 0.2) is 18.2 Å². The Labute approximate surface area is 125 Å². The molecular formula is C15H24N2O4. The summed E-state index contributed by atoms with van der Waals surface area (Å²) in [5.41, 5.74) is 6.82. The van der Waals surface area contributed by atoms with E-state index in [9.17, 15) is 4.79 Å². The van der Waals surface area contributed by atoms with Crippen LogP contribution in [0.5, 0.6) is 5.75 Å². The number of anilines is 1. The first-order valence-corrected chi connectivity index (χ1v) is 6.87. The number of nitrogen functional groups attached to an aromatic ring is 1. The molecule has 0 fully saturated rings. The second kappa shape index (κ2) is 9.20. The van der Waals surface area contributed by atoms with Gasteiger partial charge in [0, 0.05) is 46.0 Å². The summed E-state index contributed by atoms with van der Waals surface area (Å²) in [4.78, 5) is 13.6. The van der Waals surface area contributed by atoms with E-state index in [0.717, 1.165) is 6.42 Å². The Kier molecular flexibility index (Phi) is 7.56. The van der Waals surface area contributed by atoms with Gasteiger partial charge in [0.15, 0.2) is 0 Å². The third kappa shape index (κ3) is 6.01. The zero-order valence-electron chi connectivity index (χ0n) is 12.9. The largest absolute Gasteiger partial charge is 0.493 e. The highest BCUT2D eigenvalue weighted by atomic mass is 16.5. The van der Waals surface area contributed by atoms with E-state index in [-0.39, 0.29) is 5.91 Å². The second-order valence-corrected chi connectivity index (χ2v) is 4.76. The topological polar surface area (TPSA) is 74.0 Å². The van der Waals surface area contributed by atoms with Gasteiger partial charge in [0.25, 0.3) is 5.91 Å². The highest BCUT2D eigenvalue weighted by molar-refractivity contribution is 5.97. The SMILES string of the molecule is COCCOCCCOc1cc(N)ccc1C(=O)N(C)C. The van der Waals surface area contributed by atoms with Crippen LogP contribution < -0.4 is 10.5 Å². The molecule has 0 aliphatic heterocycles. The third-order valence-corrected chi connectivity index (χ3v) is 2.76. The van der Waals surface area contributed by atoms with Crippen LogP contribution in [0.25, 0.3) is 0 Å². The fourth-order valence-corrected chi connectivity index (χ4v) is 1.66. The smallest absolute Gasteiger partial charge is 0.257 e. The predicted molar refractivity (Wildman–Crippen MR) is 81.7 cm³/mol. The van der Waals surface area contributed by atoms with E-state index in [0.29, 0.717) is 43.4 Å². The summed E-state index contributed by atoms with van der Waals surface area (Å²) < 4.78 is 15.9. The molecule has 0 heterocycles. The number of hydrogen-bond donors (Lipinski definition) is 1. The number of hydrogen-bond acceptors (Lipinski definition) is 5. The second-order valence-electron chi connectivity index (χ2n) is 4.76. The Morgan fingerprint density at radius 2 is 1.95 bits per heavy atom. The third-order valence-electron chi connectivity index (χ3n) is 2.76. The molecular weight excluding hydrogens is 272 g/mol. The minimum Gasteiger partial charge on any atom is -0.493 e. The molecule has 0 saturated carbocycles. The number of carbonyl (C=O) groups is 1. The first-order chi connectivity index (χ1) is 10.1. The van der Waals surface area contributed by atoms with Gasteiger partial charge in [0.2, 0.25) is 0 Å². The number of nitrogens with zero attached hydrogens (tertiary/aromatic N) is 1. The standard InChI is InChI=1S/C15H24N2O4/c1-17(2)15(18)13-6-5-12(16)11-14(13)21-8-4-7-20-10-9-19-3/h5-6,11H,4,7-10,16H2,1-3H3. The molecule has 2 N–H and O–H groups in total. The summed E-state index contributed by atoms with van der Waals surface area (Å²) in [6.07, 6.45) is 0.730. The van der Waals surface area contributed by atoms with E-state index in [1.54, 1.807) is 39.4 Å². The summed E-state index contributed by atoms with van der Waals surface area (Å²) >= 11 is 0. The van der Waals surface area contributed by atoms with Gasteiger partial charge >= 0.3 is 0 Å². The first kappa shape index (κ1) is 17.3. The van der Waals surface area contributed by atoms with Crippen LogP contribution in [0.3, 0.4) is 0 Å². The van der Waals surface area contributed by atoms with Crippen LogP contribution in [0, 0.1) is 0 Å². The van der Waals surface area contributed by atoms with Crippen LogP contribution in [-0.2, 0) is 9.47 Å². The van der Waals surface area contributed by atoms with Crippen LogP contribution in [0.2, 0.25) is 0 Å². The summed E-state index contributed by atoms with van der Waals surface area (Å²) in [6.45, 7) is 2.20. The van der Waals surface area contributed by atoms with Gasteiger partial charge in [-0.05, 0) is 12.1 Å². The van der Waals surface area contributed by atoms with Crippen LogP contribution in [-0.4, -0.2) is 58.4 Å². The first-order valence-electron chi connectivity index (χ1n) is 6.87. The molecule has 1 rings (SSSR count). The fraction of sp³-hybridized carbons (Fsp3) is 0.533. The molecule has 0 spiro atoms. The highest BCUT2D eigenvalue weighted by Crippen LogP contribution is 2.23. The lowest BCUT2D eigenvalue weighted by Crippen LogP contribution is -2.22. The van der Waals surface area contributed by atoms with Crippen molar-refractivity contribution in [3.63, 3.8) is 0 Å². The Hall–Kier alpha value is -1.79. The van der Waals surface area contributed by atoms with Crippen molar-refractivity contribution in [2.75, 3.05) is 53.4 Å². The van der Waals surface area contributed by atoms with E-state index in [4.69, 9.17) is 19.9 Å². The molecule has 0 saturated heterocycles. The average molecular weight is 296 g/mol. The van der Waals surface area contributed by atoms with Crippen LogP contribution >= 0.6 is 0 Å². The molecule has 0 aliphatic carbocycles. The number of benzene rings is 1. The monoisotopic (exact) mass is 296 g/mol. The minimum absolute atomic E-state index is 0.110. The molecule has 0 atom stereocenters. The molecule has 118 valence electrons. The van der Waals surface area contributed by atoms with Gasteiger partial charge in [-0.25, -0.2) is 0 Å². The van der Waals surface area contributed by atoms with E-state index in [1.165, 1.54) is 4.90 Å². The number of methoxy groups -OCH3 is 1. The highest BCUT2D eigenvalue weighted by Gasteiger charge is 2.14. The van der Waals surface area contributed by atoms with E-state index >= 15 is 0 Å². The van der Waals surface area contributed by atoms with Gasteiger partial charge in [0.1, 0.15) is 5.75 Å². The van der Waals surface area contributed by atoms with E-state index in [2.05, 4.69) is 0 Å². The fourth-order valence-electron chi connectivity index (χ4n) is 1.66. The molecule has 6 heteroatoms. The van der Waals surface area contributed by atoms with Gasteiger partial charge in [-0.3, -0.25) is 4.79 Å². The molecule has 0 unspecified atom stereocenters. The molecule has 21 heavy (non-hydrogen) atoms. The summed E-state index contributed by atoms with van der Waals surface area (Å²) in [5.74, 6) is 0.395. The summed E-state index contributed by atoms with van der Waals surface area (Å²) in [5, 5.41) is 0. The number of nitrogens with two attached hydrogens (primary N) is 1. The lowest BCUT2D eigenvalue weighted by atomic mass is 10.1. The van der Waals surface area contributed by atoms with Crippen LogP contribution in [0.1, 0.15) is 16.8 Å². The minimum atomic E-state index is -0.110. The van der Waals surface area contributed by atoms with Gasteiger partial charge in [-0.15, -0.1) is 0 Å². The van der Waals surface area contributed by atoms with Crippen molar-refractivity contribution in [1.82, 2.24) is 4.90 Å². The lowest BCUT2D eigenvalue weighted by molar-refractivity contribution is 0.0642. The average Bonchev–Trinajstić information content (AvgIpc) is 2.45. The number of ether oxygens (including phenoxy) is 3. The van der Waals surface area contributed by atoms with Gasteiger partial charge < -0.3 is 24.8 Å². The molecule has 0 bridgehead atoms. The number of amides is 1. The Balaban J connectivity index is 2.50. The van der Waals surface area contributed by atoms with Crippen molar-refractivity contribution < 1.29 is 19.0 Å². The maximum absolute atomic E-state index is 12.1. The molecule has 1 aromatic rings. The maximum atomic E-state index is 12.1. The maximum Gasteiger partial charge on any atom is 0.257 e. The molecule has 0 aliphatic rings. The van der Waals surface area contributed by atoms with Crippen LogP contribution in [0.4, 0.5) is 5.69 Å². The normalized spacial score (nSPS) is 10.4. The molecule has 6 nitrogen and oxygen atoms in total. The molecule has 1 aromatic carbocycles. The van der Waals surface area contributed by atoms with Gasteiger partial charge in [-0.1, -0.05) is 0 Å². The number of carbonyl (C=O) groups excluding carboxylic acids is 1. The molecule has 0 radical (unpaired) electrons. The Morgan fingerprint density at radius 3 is 2.62 bits per heavy atom. The zero-order chi connectivity index (χ0) is 15.7. The van der Waals surface area contributed by atoms with Crippen molar-refractivity contribution in [1.29, 1.82) is 0 Å². The van der Waals surface area contributed by atoms with Crippen molar-refractivity contribution in [2.24, 2.45) is 0 Å². The van der Waals surface area contributed by atoms with Crippen molar-refractivity contribution >= 4 is 11.6 Å². The summed E-state index contributed by atoms with van der Waals surface area (Å²) in [6, 6.07) is 5.04. The molecule has 1 amide bonds. The van der Waals surface area contributed by atoms with Crippen molar-refractivity contribution in [3.8, 4) is 5.75 Å². The quantitative estimate of drug-likeness (QED) is 0.551. The predicted octanol–water partition coefficient (Wildman–Crippen LogP) is 1.40. The van der Waals surface area contributed by atoms with Crippen molar-refractivity contribution in [3.05, 3.63) is 23.8 Å². The Morgan fingerprint density at radius 1 is 1.19 bits per heavy atom. The number of rotatable bonds is 9. The zero-order valence-corrected chi connectivity index (χ0v) is 12.9. The van der Waals surface area contributed by atoms with Gasteiger partial charge in [-0.2, -0.15) is 0 Å². The lowest BCUT2D eigenvalue weighted by Gasteiger charge is -2.15. The van der Waals surface area contributed by atoms with E-state index in [1.807, 2.05) is 0 Å². The molecule has 0 aromatic heterocycles. The Bertz CT molecular complexity index is 449. The van der Waals surface area contributed by atoms with Crippen molar-refractivity contribution in [2.45, 2.75) is 6.42 Å². The summed E-state index contributed by atoms with van der Waals surface area (Å²) in [7, 11) is 5.04. The van der Waals surface area contributed by atoms with E-state index < -0.39 is 0 Å².